The third-order valence-corrected chi connectivity index (χ3v) is 10.00. The maximum absolute atomic E-state index is 14.0. The standard InChI is InChI=1S/C30H42N2O4/c1-26(2,3)36-25(34)32-12-10-28(11-13-32)20-31-23(28)35-24(33)30-16-21-14-27(4,18-30)17-29(15-21,19-30)22-8-6-5-7-9-22/h5-9,21,23,31H,10-20H2,1-4H3. The molecule has 1 amide bonds. The zero-order valence-corrected chi connectivity index (χ0v) is 22.4. The number of nitrogens with zero attached hydrogens (tertiary/aromatic N) is 1. The number of hydrogen-bond acceptors (Lipinski definition) is 5. The van der Waals surface area contributed by atoms with Gasteiger partial charge in [0.2, 0.25) is 0 Å². The normalized spacial score (nSPS) is 38.5. The first-order valence-electron chi connectivity index (χ1n) is 13.9. The number of piperidine rings is 1. The van der Waals surface area contributed by atoms with Crippen LogP contribution in [-0.2, 0) is 19.7 Å². The predicted molar refractivity (Wildman–Crippen MR) is 137 cm³/mol. The summed E-state index contributed by atoms with van der Waals surface area (Å²) in [4.78, 5) is 28.4. The van der Waals surface area contributed by atoms with Crippen molar-refractivity contribution in [2.24, 2.45) is 22.2 Å². The molecule has 0 radical (unpaired) electrons. The molecule has 2 saturated heterocycles. The van der Waals surface area contributed by atoms with Crippen LogP contribution >= 0.6 is 0 Å². The number of carbonyl (C=O) groups excluding carboxylic acids is 2. The van der Waals surface area contributed by atoms with Crippen molar-refractivity contribution in [3.05, 3.63) is 35.9 Å². The fourth-order valence-electron chi connectivity index (χ4n) is 9.03. The number of ether oxygens (including phenoxy) is 2. The van der Waals surface area contributed by atoms with Crippen LogP contribution < -0.4 is 5.32 Å². The summed E-state index contributed by atoms with van der Waals surface area (Å²) in [6.45, 7) is 10.2. The molecule has 196 valence electrons. The molecule has 36 heavy (non-hydrogen) atoms. The number of rotatable bonds is 3. The van der Waals surface area contributed by atoms with Gasteiger partial charge in [-0.3, -0.25) is 10.1 Å². The Bertz CT molecular complexity index is 1040. The molecule has 6 aliphatic rings. The molecule has 4 bridgehead atoms. The van der Waals surface area contributed by atoms with Crippen molar-refractivity contribution in [3.8, 4) is 0 Å². The van der Waals surface area contributed by atoms with Gasteiger partial charge in [0.25, 0.3) is 0 Å². The van der Waals surface area contributed by atoms with Crippen LogP contribution in [0.3, 0.4) is 0 Å². The van der Waals surface area contributed by atoms with Gasteiger partial charge in [-0.1, -0.05) is 37.3 Å². The zero-order chi connectivity index (χ0) is 25.4. The molecular weight excluding hydrogens is 452 g/mol. The van der Waals surface area contributed by atoms with Gasteiger partial charge in [-0.2, -0.15) is 0 Å². The van der Waals surface area contributed by atoms with Crippen LogP contribution in [0.5, 0.6) is 0 Å². The SMILES string of the molecule is CC12CC3CC(C(=O)OC4NCC45CCN(C(=O)OC(C)(C)C)CC5)(C1)CC(c1ccccc1)(C3)C2. The molecule has 2 heterocycles. The summed E-state index contributed by atoms with van der Waals surface area (Å²) >= 11 is 0. The smallest absolute Gasteiger partial charge is 0.410 e. The number of benzene rings is 1. The highest BCUT2D eigenvalue weighted by molar-refractivity contribution is 5.78. The Kier molecular flexibility index (Phi) is 5.36. The number of amides is 1. The van der Waals surface area contributed by atoms with Crippen LogP contribution in [0.25, 0.3) is 0 Å². The van der Waals surface area contributed by atoms with Crippen molar-refractivity contribution in [1.29, 1.82) is 0 Å². The number of hydrogen-bond donors (Lipinski definition) is 1. The lowest BCUT2D eigenvalue weighted by molar-refractivity contribution is -0.209. The summed E-state index contributed by atoms with van der Waals surface area (Å²) in [5.74, 6) is 0.615. The topological polar surface area (TPSA) is 67.9 Å². The minimum atomic E-state index is -0.492. The molecule has 1 spiro atoms. The van der Waals surface area contributed by atoms with Crippen molar-refractivity contribution in [2.75, 3.05) is 19.6 Å². The summed E-state index contributed by atoms with van der Waals surface area (Å²) < 4.78 is 11.9. The van der Waals surface area contributed by atoms with Crippen LogP contribution in [-0.4, -0.2) is 48.4 Å². The van der Waals surface area contributed by atoms with E-state index in [4.69, 9.17) is 9.47 Å². The molecular formula is C30H42N2O4. The molecule has 5 unspecified atom stereocenters. The number of carbonyl (C=O) groups is 2. The summed E-state index contributed by atoms with van der Waals surface area (Å²) in [6.07, 6.45) is 7.64. The van der Waals surface area contributed by atoms with Crippen LogP contribution in [0.15, 0.2) is 30.3 Å². The first-order valence-corrected chi connectivity index (χ1v) is 13.9. The van der Waals surface area contributed by atoms with Crippen molar-refractivity contribution in [3.63, 3.8) is 0 Å². The van der Waals surface area contributed by atoms with E-state index in [9.17, 15) is 9.59 Å². The number of esters is 1. The highest BCUT2D eigenvalue weighted by Crippen LogP contribution is 2.70. The van der Waals surface area contributed by atoms with E-state index < -0.39 is 5.60 Å². The molecule has 4 aliphatic carbocycles. The lowest BCUT2D eigenvalue weighted by atomic mass is 9.39. The molecule has 1 N–H and O–H groups in total. The number of nitrogens with one attached hydrogen (secondary N) is 1. The molecule has 5 atom stereocenters. The van der Waals surface area contributed by atoms with Gasteiger partial charge in [-0.25, -0.2) is 4.79 Å². The second-order valence-electron chi connectivity index (χ2n) is 14.2. The van der Waals surface area contributed by atoms with Gasteiger partial charge in [-0.05, 0) is 94.4 Å². The van der Waals surface area contributed by atoms with Crippen LogP contribution in [0.2, 0.25) is 0 Å². The Labute approximate surface area is 215 Å². The second-order valence-corrected chi connectivity index (χ2v) is 14.2. The largest absolute Gasteiger partial charge is 0.445 e. The van der Waals surface area contributed by atoms with Crippen LogP contribution in [0.1, 0.15) is 84.6 Å². The van der Waals surface area contributed by atoms with Crippen molar-refractivity contribution < 1.29 is 19.1 Å². The molecule has 7 rings (SSSR count). The van der Waals surface area contributed by atoms with E-state index in [1.165, 1.54) is 24.8 Å². The van der Waals surface area contributed by atoms with Gasteiger partial charge >= 0.3 is 12.1 Å². The molecule has 4 saturated carbocycles. The third kappa shape index (κ3) is 3.95. The van der Waals surface area contributed by atoms with Gasteiger partial charge < -0.3 is 14.4 Å². The first-order chi connectivity index (χ1) is 16.9. The second kappa shape index (κ2) is 7.96. The van der Waals surface area contributed by atoms with Gasteiger partial charge in [0.1, 0.15) is 5.60 Å². The maximum Gasteiger partial charge on any atom is 0.410 e. The first kappa shape index (κ1) is 24.3. The third-order valence-electron chi connectivity index (χ3n) is 10.00. The Morgan fingerprint density at radius 1 is 1.00 bits per heavy atom. The van der Waals surface area contributed by atoms with E-state index in [1.54, 1.807) is 4.90 Å². The number of likely N-dealkylation sites (tertiary alicyclic amines) is 1. The molecule has 6 heteroatoms. The van der Waals surface area contributed by atoms with E-state index >= 15 is 0 Å². The van der Waals surface area contributed by atoms with Gasteiger partial charge in [0.15, 0.2) is 6.23 Å². The molecule has 1 aromatic carbocycles. The van der Waals surface area contributed by atoms with Crippen LogP contribution in [0.4, 0.5) is 4.79 Å². The molecule has 2 aliphatic heterocycles. The maximum atomic E-state index is 14.0. The molecule has 1 aromatic rings. The summed E-state index contributed by atoms with van der Waals surface area (Å²) in [7, 11) is 0. The average molecular weight is 495 g/mol. The van der Waals surface area contributed by atoms with Gasteiger partial charge in [0, 0.05) is 25.0 Å². The van der Waals surface area contributed by atoms with Crippen molar-refractivity contribution in [2.45, 2.75) is 96.3 Å². The van der Waals surface area contributed by atoms with E-state index in [2.05, 4.69) is 42.6 Å². The summed E-state index contributed by atoms with van der Waals surface area (Å²) in [6, 6.07) is 10.9. The zero-order valence-electron chi connectivity index (χ0n) is 22.4. The van der Waals surface area contributed by atoms with E-state index in [-0.39, 0.29) is 40.0 Å². The van der Waals surface area contributed by atoms with E-state index in [1.807, 2.05) is 20.8 Å². The van der Waals surface area contributed by atoms with Crippen molar-refractivity contribution in [1.82, 2.24) is 10.2 Å². The lowest BCUT2D eigenvalue weighted by Crippen LogP contribution is -2.68. The Morgan fingerprint density at radius 3 is 2.33 bits per heavy atom. The lowest BCUT2D eigenvalue weighted by Gasteiger charge is -2.65. The Morgan fingerprint density at radius 2 is 1.72 bits per heavy atom. The minimum absolute atomic E-state index is 0.0179. The molecule has 0 aromatic heterocycles. The Hall–Kier alpha value is -2.08. The quantitative estimate of drug-likeness (QED) is 0.570. The Balaban J connectivity index is 1.16. The predicted octanol–water partition coefficient (Wildman–Crippen LogP) is 5.40. The minimum Gasteiger partial charge on any atom is -0.445 e. The van der Waals surface area contributed by atoms with E-state index in [0.29, 0.717) is 19.0 Å². The summed E-state index contributed by atoms with van der Waals surface area (Å²) in [5.41, 5.74) is 0.770. The molecule has 6 fully saturated rings. The van der Waals surface area contributed by atoms with Crippen molar-refractivity contribution >= 4 is 12.1 Å². The average Bonchev–Trinajstić information content (AvgIpc) is 2.80. The highest BCUT2D eigenvalue weighted by atomic mass is 16.6. The fraction of sp³-hybridized carbons (Fsp3) is 0.733. The van der Waals surface area contributed by atoms with Crippen LogP contribution in [0, 0.1) is 22.2 Å². The fourth-order valence-corrected chi connectivity index (χ4v) is 9.03. The highest BCUT2D eigenvalue weighted by Gasteiger charge is 2.66. The summed E-state index contributed by atoms with van der Waals surface area (Å²) in [5, 5.41) is 3.42. The van der Waals surface area contributed by atoms with Gasteiger partial charge in [-0.15, -0.1) is 0 Å². The van der Waals surface area contributed by atoms with E-state index in [0.717, 1.165) is 38.6 Å². The monoisotopic (exact) mass is 494 g/mol. The van der Waals surface area contributed by atoms with Gasteiger partial charge in [0.05, 0.1) is 5.41 Å². The molecule has 6 nitrogen and oxygen atoms in total.